The third-order valence-corrected chi connectivity index (χ3v) is 3.70. The molecule has 0 spiro atoms. The van der Waals surface area contributed by atoms with Crippen molar-refractivity contribution in [2.45, 2.75) is 58.0 Å². The molecule has 0 bridgehead atoms. The molecule has 2 rings (SSSR count). The van der Waals surface area contributed by atoms with Crippen LogP contribution in [0.5, 0.6) is 0 Å². The first-order chi connectivity index (χ1) is 5.81. The summed E-state index contributed by atoms with van der Waals surface area (Å²) >= 11 is 0. The molecule has 1 nitrogen and oxygen atoms in total. The predicted octanol–water partition coefficient (Wildman–Crippen LogP) is 2.56. The highest BCUT2D eigenvalue weighted by atomic mass is 15.0. The molecule has 4 atom stereocenters. The molecule has 1 heteroatoms. The summed E-state index contributed by atoms with van der Waals surface area (Å²) in [5, 5.41) is 3.76. The molecule has 0 radical (unpaired) electrons. The highest BCUT2D eigenvalue weighted by molar-refractivity contribution is 4.98. The SMILES string of the molecule is CCC(C)NC1CCC[C@H]2C[C@@H]12. The maximum absolute atomic E-state index is 3.76. The normalized spacial score (nSPS) is 42.0. The van der Waals surface area contributed by atoms with E-state index in [1.54, 1.807) is 0 Å². The highest BCUT2D eigenvalue weighted by Gasteiger charge is 2.44. The van der Waals surface area contributed by atoms with E-state index in [-0.39, 0.29) is 0 Å². The Morgan fingerprint density at radius 2 is 2.25 bits per heavy atom. The van der Waals surface area contributed by atoms with E-state index in [1.165, 1.54) is 32.1 Å². The van der Waals surface area contributed by atoms with E-state index in [0.717, 1.165) is 23.9 Å². The molecule has 0 heterocycles. The smallest absolute Gasteiger partial charge is 0.0101 e. The zero-order valence-corrected chi connectivity index (χ0v) is 8.34. The fourth-order valence-electron chi connectivity index (χ4n) is 2.60. The maximum atomic E-state index is 3.76. The van der Waals surface area contributed by atoms with Gasteiger partial charge in [0, 0.05) is 12.1 Å². The molecular formula is C11H21N. The van der Waals surface area contributed by atoms with Gasteiger partial charge in [0.15, 0.2) is 0 Å². The lowest BCUT2D eigenvalue weighted by molar-refractivity contribution is 0.323. The van der Waals surface area contributed by atoms with E-state index < -0.39 is 0 Å². The number of fused-ring (bicyclic) bond motifs is 1. The molecule has 2 unspecified atom stereocenters. The minimum atomic E-state index is 0.731. The summed E-state index contributed by atoms with van der Waals surface area (Å²) in [7, 11) is 0. The zero-order chi connectivity index (χ0) is 8.55. The Morgan fingerprint density at radius 3 is 3.00 bits per heavy atom. The zero-order valence-electron chi connectivity index (χ0n) is 8.34. The lowest BCUT2D eigenvalue weighted by atomic mass is 9.95. The van der Waals surface area contributed by atoms with Crippen molar-refractivity contribution in [3.05, 3.63) is 0 Å². The summed E-state index contributed by atoms with van der Waals surface area (Å²) in [6.07, 6.45) is 7.21. The third kappa shape index (κ3) is 1.66. The van der Waals surface area contributed by atoms with Gasteiger partial charge in [-0.2, -0.15) is 0 Å². The van der Waals surface area contributed by atoms with Crippen LogP contribution in [-0.4, -0.2) is 12.1 Å². The fraction of sp³-hybridized carbons (Fsp3) is 1.00. The first-order valence-corrected chi connectivity index (χ1v) is 5.57. The summed E-state index contributed by atoms with van der Waals surface area (Å²) < 4.78 is 0. The molecular weight excluding hydrogens is 146 g/mol. The van der Waals surface area contributed by atoms with Crippen LogP contribution in [0.1, 0.15) is 46.0 Å². The minimum absolute atomic E-state index is 0.731. The Balaban J connectivity index is 1.79. The largest absolute Gasteiger partial charge is 0.311 e. The summed E-state index contributed by atoms with van der Waals surface area (Å²) in [6.45, 7) is 4.58. The first-order valence-electron chi connectivity index (χ1n) is 5.57. The van der Waals surface area contributed by atoms with E-state index in [2.05, 4.69) is 19.2 Å². The van der Waals surface area contributed by atoms with Gasteiger partial charge >= 0.3 is 0 Å². The number of hydrogen-bond donors (Lipinski definition) is 1. The summed E-state index contributed by atoms with van der Waals surface area (Å²) in [5.74, 6) is 2.17. The van der Waals surface area contributed by atoms with Crippen molar-refractivity contribution in [1.82, 2.24) is 5.32 Å². The lowest BCUT2D eigenvalue weighted by Crippen LogP contribution is -2.39. The van der Waals surface area contributed by atoms with Crippen molar-refractivity contribution in [3.8, 4) is 0 Å². The molecule has 0 amide bonds. The van der Waals surface area contributed by atoms with E-state index in [0.29, 0.717) is 0 Å². The van der Waals surface area contributed by atoms with Crippen LogP contribution < -0.4 is 5.32 Å². The highest BCUT2D eigenvalue weighted by Crippen LogP contribution is 2.49. The lowest BCUT2D eigenvalue weighted by Gasteiger charge is -2.25. The van der Waals surface area contributed by atoms with Gasteiger partial charge in [-0.1, -0.05) is 19.8 Å². The quantitative estimate of drug-likeness (QED) is 0.681. The molecule has 0 aromatic carbocycles. The monoisotopic (exact) mass is 167 g/mol. The maximum Gasteiger partial charge on any atom is 0.0101 e. The van der Waals surface area contributed by atoms with Gasteiger partial charge in [0.25, 0.3) is 0 Å². The number of nitrogens with one attached hydrogen (secondary N) is 1. The van der Waals surface area contributed by atoms with Crippen molar-refractivity contribution in [2.24, 2.45) is 11.8 Å². The van der Waals surface area contributed by atoms with Crippen LogP contribution in [0.4, 0.5) is 0 Å². The summed E-state index contributed by atoms with van der Waals surface area (Å²) in [5.41, 5.74) is 0. The van der Waals surface area contributed by atoms with Crippen LogP contribution >= 0.6 is 0 Å². The molecule has 12 heavy (non-hydrogen) atoms. The molecule has 2 aliphatic carbocycles. The second-order valence-corrected chi connectivity index (χ2v) is 4.67. The summed E-state index contributed by atoms with van der Waals surface area (Å²) in [4.78, 5) is 0. The van der Waals surface area contributed by atoms with Crippen molar-refractivity contribution in [3.63, 3.8) is 0 Å². The van der Waals surface area contributed by atoms with Crippen molar-refractivity contribution in [1.29, 1.82) is 0 Å². The van der Waals surface area contributed by atoms with Gasteiger partial charge in [0.2, 0.25) is 0 Å². The second kappa shape index (κ2) is 3.37. The Labute approximate surface area is 75.9 Å². The Bertz CT molecular complexity index is 155. The van der Waals surface area contributed by atoms with E-state index in [4.69, 9.17) is 0 Å². The third-order valence-electron chi connectivity index (χ3n) is 3.70. The standard InChI is InChI=1S/C11H21N/c1-3-8(2)12-11-6-4-5-9-7-10(9)11/h8-12H,3-7H2,1-2H3/t8?,9-,10+,11?/m0/s1. The molecule has 0 saturated heterocycles. The Kier molecular flexibility index (Phi) is 2.40. The van der Waals surface area contributed by atoms with Crippen molar-refractivity contribution in [2.75, 3.05) is 0 Å². The van der Waals surface area contributed by atoms with Crippen LogP contribution in [0.15, 0.2) is 0 Å². The topological polar surface area (TPSA) is 12.0 Å². The molecule has 0 aromatic heterocycles. The van der Waals surface area contributed by atoms with E-state index in [9.17, 15) is 0 Å². The molecule has 2 fully saturated rings. The van der Waals surface area contributed by atoms with E-state index in [1.807, 2.05) is 0 Å². The predicted molar refractivity (Wildman–Crippen MR) is 52.1 cm³/mol. The average molecular weight is 167 g/mol. The van der Waals surface area contributed by atoms with Crippen LogP contribution in [0, 0.1) is 11.8 Å². The van der Waals surface area contributed by atoms with E-state index >= 15 is 0 Å². The molecule has 70 valence electrons. The molecule has 1 N–H and O–H groups in total. The van der Waals surface area contributed by atoms with Crippen molar-refractivity contribution < 1.29 is 0 Å². The van der Waals surface area contributed by atoms with Gasteiger partial charge in [0.1, 0.15) is 0 Å². The fourth-order valence-corrected chi connectivity index (χ4v) is 2.60. The number of hydrogen-bond acceptors (Lipinski definition) is 1. The van der Waals surface area contributed by atoms with Crippen LogP contribution in [0.3, 0.4) is 0 Å². The molecule has 2 aliphatic rings. The average Bonchev–Trinajstić information content (AvgIpc) is 2.84. The van der Waals surface area contributed by atoms with Gasteiger partial charge in [-0.05, 0) is 38.0 Å². The summed E-state index contributed by atoms with van der Waals surface area (Å²) in [6, 6.07) is 1.60. The molecule has 0 aromatic rings. The van der Waals surface area contributed by atoms with Crippen molar-refractivity contribution >= 4 is 0 Å². The molecule has 0 aliphatic heterocycles. The minimum Gasteiger partial charge on any atom is -0.311 e. The van der Waals surface area contributed by atoms with Crippen LogP contribution in [-0.2, 0) is 0 Å². The Morgan fingerprint density at radius 1 is 1.42 bits per heavy atom. The van der Waals surface area contributed by atoms with Gasteiger partial charge < -0.3 is 5.32 Å². The van der Waals surface area contributed by atoms with Gasteiger partial charge in [0.05, 0.1) is 0 Å². The van der Waals surface area contributed by atoms with Gasteiger partial charge in [-0.15, -0.1) is 0 Å². The van der Waals surface area contributed by atoms with Crippen LogP contribution in [0.25, 0.3) is 0 Å². The van der Waals surface area contributed by atoms with Gasteiger partial charge in [-0.3, -0.25) is 0 Å². The molecule has 2 saturated carbocycles. The first kappa shape index (κ1) is 8.55. The van der Waals surface area contributed by atoms with Gasteiger partial charge in [-0.25, -0.2) is 0 Å². The Hall–Kier alpha value is -0.0400. The number of rotatable bonds is 3. The second-order valence-electron chi connectivity index (χ2n) is 4.67. The van der Waals surface area contributed by atoms with Crippen LogP contribution in [0.2, 0.25) is 0 Å².